The zero-order valence-electron chi connectivity index (χ0n) is 16.2. The molecular weight excluding hydrogens is 338 g/mol. The van der Waals surface area contributed by atoms with Crippen LogP contribution in [0.5, 0.6) is 0 Å². The summed E-state index contributed by atoms with van der Waals surface area (Å²) in [5.41, 5.74) is 5.51. The monoisotopic (exact) mass is 363 g/mol. The van der Waals surface area contributed by atoms with Gasteiger partial charge in [0.05, 0.1) is 13.2 Å². The second-order valence-electron chi connectivity index (χ2n) is 6.87. The number of Topliss-reactive ketones (excluding diaryl/α,β-unsaturated/α-hetero) is 2. The highest BCUT2D eigenvalue weighted by Crippen LogP contribution is 2.37. The van der Waals surface area contributed by atoms with E-state index in [0.29, 0.717) is 24.3 Å². The first kappa shape index (κ1) is 19.1. The molecule has 2 aromatic rings. The van der Waals surface area contributed by atoms with Gasteiger partial charge in [-0.25, -0.2) is 0 Å². The van der Waals surface area contributed by atoms with Gasteiger partial charge in [0.2, 0.25) is 0 Å². The topological polar surface area (TPSA) is 46.6 Å². The Morgan fingerprint density at radius 2 is 1.63 bits per heavy atom. The molecule has 0 spiro atoms. The van der Waals surface area contributed by atoms with Crippen LogP contribution in [-0.2, 0) is 4.74 Å². The first-order valence-corrected chi connectivity index (χ1v) is 9.18. The second kappa shape index (κ2) is 7.89. The third-order valence-corrected chi connectivity index (χ3v) is 5.06. The Balaban J connectivity index is 2.27. The maximum absolute atomic E-state index is 12.4. The van der Waals surface area contributed by atoms with Gasteiger partial charge in [0.1, 0.15) is 0 Å². The normalized spacial score (nSPS) is 14.1. The average molecular weight is 363 g/mol. The highest BCUT2D eigenvalue weighted by Gasteiger charge is 2.25. The van der Waals surface area contributed by atoms with Gasteiger partial charge in [-0.15, -0.1) is 0 Å². The highest BCUT2D eigenvalue weighted by atomic mass is 16.5. The van der Waals surface area contributed by atoms with Crippen LogP contribution in [0.15, 0.2) is 43.0 Å². The van der Waals surface area contributed by atoms with E-state index >= 15 is 0 Å². The first-order valence-electron chi connectivity index (χ1n) is 9.18. The number of morpholine rings is 1. The largest absolute Gasteiger partial charge is 0.378 e. The molecule has 0 saturated carbocycles. The van der Waals surface area contributed by atoms with Crippen molar-refractivity contribution in [3.05, 3.63) is 70.8 Å². The number of carbonyl (C=O) groups excluding carboxylic acids is 2. The number of ketones is 2. The van der Waals surface area contributed by atoms with Crippen LogP contribution in [0, 0.1) is 6.92 Å². The molecule has 140 valence electrons. The molecule has 0 aliphatic carbocycles. The van der Waals surface area contributed by atoms with Gasteiger partial charge in [0.25, 0.3) is 0 Å². The molecule has 4 nitrogen and oxygen atoms in total. The molecule has 0 aromatic heterocycles. The van der Waals surface area contributed by atoms with Crippen molar-refractivity contribution in [2.45, 2.75) is 20.8 Å². The average Bonchev–Trinajstić information content (AvgIpc) is 2.67. The maximum Gasteiger partial charge on any atom is 0.160 e. The minimum atomic E-state index is -0.103. The lowest BCUT2D eigenvalue weighted by Crippen LogP contribution is -2.37. The number of rotatable bonds is 5. The summed E-state index contributed by atoms with van der Waals surface area (Å²) in [7, 11) is 0. The van der Waals surface area contributed by atoms with Gasteiger partial charge >= 0.3 is 0 Å². The summed E-state index contributed by atoms with van der Waals surface area (Å²) in [5, 5.41) is 0. The van der Waals surface area contributed by atoms with E-state index in [1.165, 1.54) is 13.8 Å². The van der Waals surface area contributed by atoms with Gasteiger partial charge in [-0.1, -0.05) is 36.9 Å². The van der Waals surface area contributed by atoms with Gasteiger partial charge in [-0.2, -0.15) is 0 Å². The van der Waals surface area contributed by atoms with Gasteiger partial charge in [0, 0.05) is 35.5 Å². The predicted molar refractivity (Wildman–Crippen MR) is 109 cm³/mol. The molecule has 27 heavy (non-hydrogen) atoms. The number of nitrogens with zero attached hydrogens (tertiary/aromatic N) is 1. The fourth-order valence-corrected chi connectivity index (χ4v) is 3.75. The van der Waals surface area contributed by atoms with E-state index in [-0.39, 0.29) is 11.6 Å². The van der Waals surface area contributed by atoms with Crippen molar-refractivity contribution in [3.8, 4) is 0 Å². The second-order valence-corrected chi connectivity index (χ2v) is 6.87. The summed E-state index contributed by atoms with van der Waals surface area (Å²) in [5.74, 6) is -0.206. The van der Waals surface area contributed by atoms with Crippen LogP contribution < -0.4 is 4.90 Å². The number of hydrogen-bond acceptors (Lipinski definition) is 4. The fourth-order valence-electron chi connectivity index (χ4n) is 3.75. The number of benzene rings is 2. The number of carbonyl (C=O) groups is 2. The molecule has 0 unspecified atom stereocenters. The molecule has 1 saturated heterocycles. The van der Waals surface area contributed by atoms with Gasteiger partial charge in [0.15, 0.2) is 11.6 Å². The summed E-state index contributed by atoms with van der Waals surface area (Å²) in [4.78, 5) is 26.9. The maximum atomic E-state index is 12.4. The van der Waals surface area contributed by atoms with Crippen molar-refractivity contribution < 1.29 is 14.3 Å². The lowest BCUT2D eigenvalue weighted by Gasteiger charge is -2.33. The lowest BCUT2D eigenvalue weighted by atomic mass is 9.86. The molecule has 1 aliphatic heterocycles. The minimum Gasteiger partial charge on any atom is -0.378 e. The van der Waals surface area contributed by atoms with Gasteiger partial charge in [-0.05, 0) is 43.5 Å². The highest BCUT2D eigenvalue weighted by molar-refractivity contribution is 6.10. The summed E-state index contributed by atoms with van der Waals surface area (Å²) in [6, 6.07) is 11.8. The molecule has 0 amide bonds. The van der Waals surface area contributed by atoms with Crippen molar-refractivity contribution in [1.82, 2.24) is 0 Å². The zero-order chi connectivity index (χ0) is 19.6. The van der Waals surface area contributed by atoms with E-state index in [1.54, 1.807) is 0 Å². The van der Waals surface area contributed by atoms with E-state index < -0.39 is 0 Å². The third kappa shape index (κ3) is 3.71. The Bertz CT molecular complexity index is 894. The molecule has 0 radical (unpaired) electrons. The van der Waals surface area contributed by atoms with Crippen LogP contribution in [0.3, 0.4) is 0 Å². The molecule has 0 N–H and O–H groups in total. The number of hydrogen-bond donors (Lipinski definition) is 0. The smallest absolute Gasteiger partial charge is 0.160 e. The lowest BCUT2D eigenvalue weighted by molar-refractivity contribution is 0.0980. The molecule has 2 aromatic carbocycles. The van der Waals surface area contributed by atoms with Crippen LogP contribution in [0.1, 0.15) is 51.3 Å². The Morgan fingerprint density at radius 3 is 2.19 bits per heavy atom. The number of anilines is 1. The molecule has 0 bridgehead atoms. The summed E-state index contributed by atoms with van der Waals surface area (Å²) < 4.78 is 5.49. The van der Waals surface area contributed by atoms with Crippen molar-refractivity contribution in [2.24, 2.45) is 0 Å². The quantitative estimate of drug-likeness (QED) is 0.743. The molecule has 4 heteroatoms. The van der Waals surface area contributed by atoms with E-state index in [0.717, 1.165) is 41.0 Å². The van der Waals surface area contributed by atoms with Crippen LogP contribution in [-0.4, -0.2) is 37.9 Å². The zero-order valence-corrected chi connectivity index (χ0v) is 16.2. The molecule has 1 aliphatic rings. The first-order chi connectivity index (χ1) is 12.9. The predicted octanol–water partition coefficient (Wildman–Crippen LogP) is 4.30. The molecule has 3 rings (SSSR count). The molecule has 1 heterocycles. The Labute approximate surface area is 160 Å². The Hall–Kier alpha value is -2.72. The molecule has 0 atom stereocenters. The van der Waals surface area contributed by atoms with E-state index in [2.05, 4.69) is 11.5 Å². The van der Waals surface area contributed by atoms with Crippen molar-refractivity contribution in [3.63, 3.8) is 0 Å². The van der Waals surface area contributed by atoms with Crippen molar-refractivity contribution in [1.29, 1.82) is 0 Å². The molecule has 1 fully saturated rings. The minimum absolute atomic E-state index is 0.102. The SMILES string of the molecule is C=C(c1ccccc1)c1c(N2CCOCC2)cc(C(C)=O)c(C(C)=O)c1C. The van der Waals surface area contributed by atoms with Crippen LogP contribution in [0.2, 0.25) is 0 Å². The van der Waals surface area contributed by atoms with E-state index in [4.69, 9.17) is 4.74 Å². The summed E-state index contributed by atoms with van der Waals surface area (Å²) in [6.45, 7) is 12.0. The van der Waals surface area contributed by atoms with Crippen LogP contribution in [0.25, 0.3) is 5.57 Å². The summed E-state index contributed by atoms with van der Waals surface area (Å²) >= 11 is 0. The molecular formula is C23H25NO3. The number of ether oxygens (including phenoxy) is 1. The third-order valence-electron chi connectivity index (χ3n) is 5.06. The van der Waals surface area contributed by atoms with E-state index in [1.807, 2.05) is 43.3 Å². The Kier molecular flexibility index (Phi) is 5.57. The van der Waals surface area contributed by atoms with Crippen molar-refractivity contribution in [2.75, 3.05) is 31.2 Å². The Morgan fingerprint density at radius 1 is 1.00 bits per heavy atom. The van der Waals surface area contributed by atoms with Crippen LogP contribution >= 0.6 is 0 Å². The van der Waals surface area contributed by atoms with Crippen LogP contribution in [0.4, 0.5) is 5.69 Å². The van der Waals surface area contributed by atoms with Crippen molar-refractivity contribution >= 4 is 22.8 Å². The summed E-state index contributed by atoms with van der Waals surface area (Å²) in [6.07, 6.45) is 0. The van der Waals surface area contributed by atoms with Gasteiger partial charge in [-0.3, -0.25) is 9.59 Å². The standard InChI is InChI=1S/C23H25NO3/c1-15(19-8-6-5-7-9-19)22-16(2)23(18(4)26)20(17(3)25)14-21(22)24-10-12-27-13-11-24/h5-9,14H,1,10-13H2,2-4H3. The van der Waals surface area contributed by atoms with Gasteiger partial charge < -0.3 is 9.64 Å². The fraction of sp³-hybridized carbons (Fsp3) is 0.304. The van der Waals surface area contributed by atoms with E-state index in [9.17, 15) is 9.59 Å².